The highest BCUT2D eigenvalue weighted by Crippen LogP contribution is 2.30. The van der Waals surface area contributed by atoms with E-state index in [0.717, 1.165) is 19.6 Å². The molecule has 0 amide bonds. The molecular weight excluding hydrogens is 220 g/mol. The van der Waals surface area contributed by atoms with E-state index in [4.69, 9.17) is 0 Å². The van der Waals surface area contributed by atoms with Gasteiger partial charge < -0.3 is 5.32 Å². The summed E-state index contributed by atoms with van der Waals surface area (Å²) in [4.78, 5) is 2.64. The van der Waals surface area contributed by atoms with Gasteiger partial charge in [-0.15, -0.1) is 0 Å². The summed E-state index contributed by atoms with van der Waals surface area (Å²) >= 11 is 0. The van der Waals surface area contributed by atoms with Crippen LogP contribution < -0.4 is 5.32 Å². The van der Waals surface area contributed by atoms with Crippen molar-refractivity contribution in [2.75, 3.05) is 26.2 Å². The van der Waals surface area contributed by atoms with Gasteiger partial charge >= 0.3 is 0 Å². The molecule has 1 N–H and O–H groups in total. The van der Waals surface area contributed by atoms with Crippen molar-refractivity contribution in [3.63, 3.8) is 0 Å². The molecule has 0 bridgehead atoms. The van der Waals surface area contributed by atoms with Crippen LogP contribution in [0.1, 0.15) is 53.9 Å². The average Bonchev–Trinajstić information content (AvgIpc) is 2.34. The van der Waals surface area contributed by atoms with Crippen LogP contribution in [0, 0.1) is 5.41 Å². The molecule has 1 unspecified atom stereocenters. The van der Waals surface area contributed by atoms with Gasteiger partial charge in [0.25, 0.3) is 0 Å². The normalized spacial score (nSPS) is 19.7. The minimum absolute atomic E-state index is 0.355. The number of hydrogen-bond acceptors (Lipinski definition) is 2. The molecule has 2 nitrogen and oxygen atoms in total. The zero-order valence-corrected chi connectivity index (χ0v) is 13.1. The Morgan fingerprint density at radius 2 is 2.06 bits per heavy atom. The molecule has 0 aromatic carbocycles. The molecule has 1 aliphatic rings. The third-order valence-electron chi connectivity index (χ3n) is 4.00. The summed E-state index contributed by atoms with van der Waals surface area (Å²) in [7, 11) is 0. The second-order valence-electron chi connectivity index (χ2n) is 6.49. The number of nitrogens with one attached hydrogen (secondary N) is 1. The molecule has 0 aliphatic carbocycles. The number of rotatable bonds is 6. The van der Waals surface area contributed by atoms with Crippen LogP contribution in [-0.2, 0) is 0 Å². The Morgan fingerprint density at radius 1 is 1.33 bits per heavy atom. The van der Waals surface area contributed by atoms with Crippen LogP contribution in [0.25, 0.3) is 0 Å². The Bertz CT molecular complexity index is 263. The van der Waals surface area contributed by atoms with E-state index < -0.39 is 0 Å². The summed E-state index contributed by atoms with van der Waals surface area (Å²) < 4.78 is 0. The second kappa shape index (κ2) is 7.30. The largest absolute Gasteiger partial charge is 0.315 e. The van der Waals surface area contributed by atoms with Crippen LogP contribution in [0.15, 0.2) is 11.6 Å². The monoisotopic (exact) mass is 252 g/mol. The Balaban J connectivity index is 2.46. The molecule has 0 saturated heterocycles. The molecule has 1 aliphatic heterocycles. The van der Waals surface area contributed by atoms with Crippen LogP contribution in [0.2, 0.25) is 0 Å². The van der Waals surface area contributed by atoms with Crippen molar-refractivity contribution in [3.05, 3.63) is 11.6 Å². The fraction of sp³-hybridized carbons (Fsp3) is 0.875. The molecule has 0 radical (unpaired) electrons. The molecule has 1 atom stereocenters. The Kier molecular flexibility index (Phi) is 6.37. The minimum atomic E-state index is 0.355. The third kappa shape index (κ3) is 4.74. The van der Waals surface area contributed by atoms with Crippen LogP contribution in [0.3, 0.4) is 0 Å². The van der Waals surface area contributed by atoms with E-state index in [1.165, 1.54) is 25.8 Å². The Labute approximate surface area is 114 Å². The van der Waals surface area contributed by atoms with Gasteiger partial charge in [0.15, 0.2) is 0 Å². The summed E-state index contributed by atoms with van der Waals surface area (Å²) in [6.07, 6.45) is 6.18. The number of hydrogen-bond donors (Lipinski definition) is 1. The zero-order valence-electron chi connectivity index (χ0n) is 13.1. The maximum Gasteiger partial charge on any atom is 0.0221 e. The van der Waals surface area contributed by atoms with Crippen molar-refractivity contribution in [2.24, 2.45) is 5.41 Å². The van der Waals surface area contributed by atoms with Crippen molar-refractivity contribution in [1.29, 1.82) is 0 Å². The summed E-state index contributed by atoms with van der Waals surface area (Å²) in [6.45, 7) is 16.2. The van der Waals surface area contributed by atoms with Crippen molar-refractivity contribution in [3.8, 4) is 0 Å². The van der Waals surface area contributed by atoms with Gasteiger partial charge in [0.05, 0.1) is 0 Å². The van der Waals surface area contributed by atoms with Crippen molar-refractivity contribution >= 4 is 0 Å². The molecule has 0 spiro atoms. The number of nitrogens with zero attached hydrogens (tertiary/aromatic N) is 1. The predicted octanol–water partition coefficient (Wildman–Crippen LogP) is 3.44. The van der Waals surface area contributed by atoms with Gasteiger partial charge in [-0.1, -0.05) is 46.3 Å². The molecule has 1 rings (SSSR count). The third-order valence-corrected chi connectivity index (χ3v) is 4.00. The van der Waals surface area contributed by atoms with Crippen molar-refractivity contribution in [1.82, 2.24) is 10.2 Å². The van der Waals surface area contributed by atoms with E-state index in [0.29, 0.717) is 11.5 Å². The average molecular weight is 252 g/mol. The lowest BCUT2D eigenvalue weighted by Gasteiger charge is -2.36. The fourth-order valence-corrected chi connectivity index (χ4v) is 2.67. The SMILES string of the molecule is CCCNCC(CC)N1CC=C(C(C)(C)C)CC1. The topological polar surface area (TPSA) is 15.3 Å². The smallest absolute Gasteiger partial charge is 0.0221 e. The molecular formula is C16H32N2. The highest BCUT2D eigenvalue weighted by atomic mass is 15.2. The Hall–Kier alpha value is -0.340. The van der Waals surface area contributed by atoms with Gasteiger partial charge in [0.1, 0.15) is 0 Å². The van der Waals surface area contributed by atoms with Crippen LogP contribution in [0.5, 0.6) is 0 Å². The maximum atomic E-state index is 3.56. The quantitative estimate of drug-likeness (QED) is 0.575. The molecule has 106 valence electrons. The van der Waals surface area contributed by atoms with Gasteiger partial charge in [0.2, 0.25) is 0 Å². The van der Waals surface area contributed by atoms with Crippen LogP contribution in [-0.4, -0.2) is 37.1 Å². The zero-order chi connectivity index (χ0) is 13.6. The predicted molar refractivity (Wildman–Crippen MR) is 81.0 cm³/mol. The first-order valence-electron chi connectivity index (χ1n) is 7.63. The summed E-state index contributed by atoms with van der Waals surface area (Å²) in [5.74, 6) is 0. The highest BCUT2D eigenvalue weighted by molar-refractivity contribution is 5.14. The summed E-state index contributed by atoms with van der Waals surface area (Å²) in [6, 6.07) is 0.703. The van der Waals surface area contributed by atoms with Gasteiger partial charge in [-0.3, -0.25) is 4.90 Å². The van der Waals surface area contributed by atoms with E-state index >= 15 is 0 Å². The van der Waals surface area contributed by atoms with Gasteiger partial charge in [-0.2, -0.15) is 0 Å². The molecule has 0 saturated carbocycles. The van der Waals surface area contributed by atoms with Gasteiger partial charge in [-0.05, 0) is 31.2 Å². The first-order valence-corrected chi connectivity index (χ1v) is 7.63. The minimum Gasteiger partial charge on any atom is -0.315 e. The summed E-state index contributed by atoms with van der Waals surface area (Å²) in [5, 5.41) is 3.56. The first-order chi connectivity index (χ1) is 8.49. The van der Waals surface area contributed by atoms with Crippen LogP contribution >= 0.6 is 0 Å². The van der Waals surface area contributed by atoms with Gasteiger partial charge in [-0.25, -0.2) is 0 Å². The van der Waals surface area contributed by atoms with Crippen molar-refractivity contribution in [2.45, 2.75) is 59.9 Å². The summed E-state index contributed by atoms with van der Waals surface area (Å²) in [5.41, 5.74) is 1.99. The molecule has 18 heavy (non-hydrogen) atoms. The molecule has 0 fully saturated rings. The molecule has 1 heterocycles. The lowest BCUT2D eigenvalue weighted by atomic mass is 9.82. The van der Waals surface area contributed by atoms with E-state index in [-0.39, 0.29) is 0 Å². The first kappa shape index (κ1) is 15.7. The lowest BCUT2D eigenvalue weighted by molar-refractivity contribution is 0.194. The molecule has 2 heteroatoms. The fourth-order valence-electron chi connectivity index (χ4n) is 2.67. The molecule has 0 aromatic rings. The van der Waals surface area contributed by atoms with E-state index in [1.54, 1.807) is 5.57 Å². The standard InChI is InChI=1S/C16H32N2/c1-6-10-17-13-15(7-2)18-11-8-14(9-12-18)16(3,4)5/h8,15,17H,6-7,9-13H2,1-5H3. The Morgan fingerprint density at radius 3 is 2.50 bits per heavy atom. The van der Waals surface area contributed by atoms with Gasteiger partial charge in [0, 0.05) is 25.7 Å². The van der Waals surface area contributed by atoms with Crippen LogP contribution in [0.4, 0.5) is 0 Å². The van der Waals surface area contributed by atoms with E-state index in [2.05, 4.69) is 50.9 Å². The van der Waals surface area contributed by atoms with E-state index in [9.17, 15) is 0 Å². The van der Waals surface area contributed by atoms with E-state index in [1.807, 2.05) is 0 Å². The lowest BCUT2D eigenvalue weighted by Crippen LogP contribution is -2.44. The van der Waals surface area contributed by atoms with Crippen molar-refractivity contribution < 1.29 is 0 Å². The highest BCUT2D eigenvalue weighted by Gasteiger charge is 2.24. The maximum absolute atomic E-state index is 3.56. The second-order valence-corrected chi connectivity index (χ2v) is 6.49. The molecule has 0 aromatic heterocycles.